The van der Waals surface area contributed by atoms with Crippen LogP contribution in [-0.2, 0) is 6.42 Å². The van der Waals surface area contributed by atoms with Gasteiger partial charge in [-0.3, -0.25) is 0 Å². The van der Waals surface area contributed by atoms with Crippen LogP contribution in [-0.4, -0.2) is 30.6 Å². The summed E-state index contributed by atoms with van der Waals surface area (Å²) < 4.78 is 0. The third kappa shape index (κ3) is 3.47. The zero-order chi connectivity index (χ0) is 11.4. The van der Waals surface area contributed by atoms with Gasteiger partial charge in [-0.05, 0) is 25.8 Å². The van der Waals surface area contributed by atoms with Crippen LogP contribution in [0, 0.1) is 12.8 Å². The van der Waals surface area contributed by atoms with E-state index < -0.39 is 0 Å². The van der Waals surface area contributed by atoms with E-state index >= 15 is 0 Å². The van der Waals surface area contributed by atoms with Crippen LogP contribution in [0.15, 0.2) is 6.07 Å². The van der Waals surface area contributed by atoms with Gasteiger partial charge in [-0.2, -0.15) is 0 Å². The number of aromatic nitrogens is 2. The van der Waals surface area contributed by atoms with Crippen molar-refractivity contribution in [2.24, 2.45) is 11.7 Å². The third-order valence-electron chi connectivity index (χ3n) is 2.30. The first-order valence-electron chi connectivity index (χ1n) is 5.25. The van der Waals surface area contributed by atoms with Gasteiger partial charge in [-0.1, -0.05) is 6.92 Å². The maximum Gasteiger partial charge on any atom is 0.131 e. The predicted octanol–water partition coefficient (Wildman–Crippen LogP) is 0.988. The van der Waals surface area contributed by atoms with E-state index in [0.717, 1.165) is 23.8 Å². The van der Waals surface area contributed by atoms with Crippen molar-refractivity contribution in [3.05, 3.63) is 17.6 Å². The van der Waals surface area contributed by atoms with Crippen molar-refractivity contribution in [1.29, 1.82) is 0 Å². The smallest absolute Gasteiger partial charge is 0.131 e. The largest absolute Gasteiger partial charge is 0.363 e. The van der Waals surface area contributed by atoms with E-state index in [9.17, 15) is 0 Å². The van der Waals surface area contributed by atoms with Crippen molar-refractivity contribution in [2.75, 3.05) is 25.5 Å². The van der Waals surface area contributed by atoms with Gasteiger partial charge in [-0.15, -0.1) is 0 Å². The van der Waals surface area contributed by atoms with Crippen molar-refractivity contribution >= 4 is 5.82 Å². The molecule has 1 atom stereocenters. The molecule has 84 valence electrons. The van der Waals surface area contributed by atoms with Gasteiger partial charge < -0.3 is 10.6 Å². The first kappa shape index (κ1) is 11.9. The van der Waals surface area contributed by atoms with Gasteiger partial charge in [-0.25, -0.2) is 9.97 Å². The van der Waals surface area contributed by atoms with E-state index in [4.69, 9.17) is 5.73 Å². The zero-order valence-corrected chi connectivity index (χ0v) is 9.99. The Kier molecular flexibility index (Phi) is 4.03. The highest BCUT2D eigenvalue weighted by Gasteiger charge is 2.06. The van der Waals surface area contributed by atoms with Crippen molar-refractivity contribution in [2.45, 2.75) is 20.3 Å². The Labute approximate surface area is 91.5 Å². The minimum atomic E-state index is 0.467. The van der Waals surface area contributed by atoms with Gasteiger partial charge in [0.05, 0.1) is 0 Å². The molecule has 0 aromatic carbocycles. The first-order valence-corrected chi connectivity index (χ1v) is 5.25. The Balaban J connectivity index is 2.88. The number of nitrogens with two attached hydrogens (primary N) is 1. The lowest BCUT2D eigenvalue weighted by atomic mass is 10.1. The second kappa shape index (κ2) is 5.07. The minimum Gasteiger partial charge on any atom is -0.363 e. The molecular weight excluding hydrogens is 188 g/mol. The van der Waals surface area contributed by atoms with E-state index in [1.54, 1.807) is 0 Å². The summed E-state index contributed by atoms with van der Waals surface area (Å²) in [5, 5.41) is 0. The summed E-state index contributed by atoms with van der Waals surface area (Å²) in [4.78, 5) is 10.8. The van der Waals surface area contributed by atoms with E-state index in [1.807, 2.05) is 32.0 Å². The van der Waals surface area contributed by atoms with Crippen molar-refractivity contribution in [1.82, 2.24) is 9.97 Å². The van der Waals surface area contributed by atoms with Crippen LogP contribution in [0.1, 0.15) is 18.4 Å². The average molecular weight is 208 g/mol. The standard InChI is InChI=1S/C11H20N4/c1-8(7-12)5-10-6-11(15(3)4)14-9(2)13-10/h6,8H,5,7,12H2,1-4H3. The van der Waals surface area contributed by atoms with Gasteiger partial charge in [0.25, 0.3) is 0 Å². The molecule has 4 heteroatoms. The summed E-state index contributed by atoms with van der Waals surface area (Å²) >= 11 is 0. The number of nitrogens with zero attached hydrogens (tertiary/aromatic N) is 3. The number of aryl methyl sites for hydroxylation is 1. The topological polar surface area (TPSA) is 55.0 Å². The van der Waals surface area contributed by atoms with Crippen LogP contribution in [0.3, 0.4) is 0 Å². The Morgan fingerprint density at radius 3 is 2.60 bits per heavy atom. The summed E-state index contributed by atoms with van der Waals surface area (Å²) in [7, 11) is 3.97. The molecule has 0 aliphatic heterocycles. The molecule has 1 heterocycles. The second-order valence-corrected chi connectivity index (χ2v) is 4.20. The van der Waals surface area contributed by atoms with Gasteiger partial charge >= 0.3 is 0 Å². The molecule has 15 heavy (non-hydrogen) atoms. The SMILES string of the molecule is Cc1nc(CC(C)CN)cc(N(C)C)n1. The van der Waals surface area contributed by atoms with Crippen LogP contribution >= 0.6 is 0 Å². The summed E-state index contributed by atoms with van der Waals surface area (Å²) in [6.07, 6.45) is 0.917. The molecule has 1 aromatic rings. The lowest BCUT2D eigenvalue weighted by molar-refractivity contribution is 0.582. The van der Waals surface area contributed by atoms with Crippen LogP contribution < -0.4 is 10.6 Å². The molecule has 0 saturated carbocycles. The van der Waals surface area contributed by atoms with E-state index in [0.29, 0.717) is 12.5 Å². The summed E-state index contributed by atoms with van der Waals surface area (Å²) in [5.74, 6) is 2.25. The number of anilines is 1. The number of rotatable bonds is 4. The molecule has 2 N–H and O–H groups in total. The highest BCUT2D eigenvalue weighted by atomic mass is 15.1. The molecule has 0 bridgehead atoms. The Bertz CT molecular complexity index is 322. The Hall–Kier alpha value is -1.16. The summed E-state index contributed by atoms with van der Waals surface area (Å²) in [6.45, 7) is 4.75. The first-order chi connectivity index (χ1) is 7.02. The molecule has 0 saturated heterocycles. The maximum absolute atomic E-state index is 5.60. The van der Waals surface area contributed by atoms with Crippen LogP contribution in [0.25, 0.3) is 0 Å². The monoisotopic (exact) mass is 208 g/mol. The lowest BCUT2D eigenvalue weighted by Gasteiger charge is -2.14. The molecule has 1 aromatic heterocycles. The minimum absolute atomic E-state index is 0.467. The fourth-order valence-corrected chi connectivity index (χ4v) is 1.39. The lowest BCUT2D eigenvalue weighted by Crippen LogP contribution is -2.16. The molecule has 0 fully saturated rings. The third-order valence-corrected chi connectivity index (χ3v) is 2.30. The van der Waals surface area contributed by atoms with Crippen molar-refractivity contribution < 1.29 is 0 Å². The second-order valence-electron chi connectivity index (χ2n) is 4.20. The number of hydrogen-bond acceptors (Lipinski definition) is 4. The van der Waals surface area contributed by atoms with Crippen molar-refractivity contribution in [3.8, 4) is 0 Å². The maximum atomic E-state index is 5.60. The molecule has 4 nitrogen and oxygen atoms in total. The molecule has 0 aliphatic rings. The highest BCUT2D eigenvalue weighted by Crippen LogP contribution is 2.12. The van der Waals surface area contributed by atoms with Crippen LogP contribution in [0.5, 0.6) is 0 Å². The number of hydrogen-bond donors (Lipinski definition) is 1. The molecule has 0 spiro atoms. The molecule has 0 aliphatic carbocycles. The van der Waals surface area contributed by atoms with Crippen LogP contribution in [0.2, 0.25) is 0 Å². The predicted molar refractivity (Wildman–Crippen MR) is 63.0 cm³/mol. The Morgan fingerprint density at radius 1 is 1.40 bits per heavy atom. The molecule has 0 radical (unpaired) electrons. The quantitative estimate of drug-likeness (QED) is 0.801. The summed E-state index contributed by atoms with van der Waals surface area (Å²) in [5.41, 5.74) is 6.68. The molecular formula is C11H20N4. The van der Waals surface area contributed by atoms with Gasteiger partial charge in [0.1, 0.15) is 11.6 Å². The normalized spacial score (nSPS) is 12.6. The molecule has 1 rings (SSSR count). The van der Waals surface area contributed by atoms with E-state index in [2.05, 4.69) is 16.9 Å². The molecule has 1 unspecified atom stereocenters. The van der Waals surface area contributed by atoms with E-state index in [-0.39, 0.29) is 0 Å². The van der Waals surface area contributed by atoms with E-state index in [1.165, 1.54) is 0 Å². The van der Waals surface area contributed by atoms with Gasteiger partial charge in [0.15, 0.2) is 0 Å². The van der Waals surface area contributed by atoms with Gasteiger partial charge in [0.2, 0.25) is 0 Å². The zero-order valence-electron chi connectivity index (χ0n) is 9.99. The van der Waals surface area contributed by atoms with Crippen LogP contribution in [0.4, 0.5) is 5.82 Å². The van der Waals surface area contributed by atoms with Crippen molar-refractivity contribution in [3.63, 3.8) is 0 Å². The fourth-order valence-electron chi connectivity index (χ4n) is 1.39. The fraction of sp³-hybridized carbons (Fsp3) is 0.636. The Morgan fingerprint density at radius 2 is 2.07 bits per heavy atom. The average Bonchev–Trinajstić information content (AvgIpc) is 2.16. The van der Waals surface area contributed by atoms with Gasteiger partial charge in [0, 0.05) is 25.9 Å². The highest BCUT2D eigenvalue weighted by molar-refractivity contribution is 5.37. The molecule has 0 amide bonds. The summed E-state index contributed by atoms with van der Waals surface area (Å²) in [6, 6.07) is 2.03.